The fourth-order valence-corrected chi connectivity index (χ4v) is 1.57. The largest absolute Gasteiger partial charge is 0.299 e. The number of benzene rings is 1. The van der Waals surface area contributed by atoms with Gasteiger partial charge in [-0.25, -0.2) is 13.2 Å². The van der Waals surface area contributed by atoms with E-state index in [4.69, 9.17) is 0 Å². The number of halogens is 3. The third-order valence-corrected chi connectivity index (χ3v) is 2.48. The minimum absolute atomic E-state index is 0.413. The van der Waals surface area contributed by atoms with Gasteiger partial charge in [-0.05, 0) is 13.0 Å². The van der Waals surface area contributed by atoms with Crippen LogP contribution in [-0.4, -0.2) is 17.8 Å². The summed E-state index contributed by atoms with van der Waals surface area (Å²) in [4.78, 5) is 26.3. The van der Waals surface area contributed by atoms with Crippen LogP contribution < -0.4 is 0 Å². The van der Waals surface area contributed by atoms with Crippen LogP contribution in [0, 0.1) is 23.4 Å². The number of hydrogen-bond donors (Lipinski definition) is 0. The SMILES string of the molecule is CC(=O)C1C=Nc2c(cc(F)c(F)c2F)C1=O. The van der Waals surface area contributed by atoms with Gasteiger partial charge in [0.05, 0.1) is 5.56 Å². The zero-order valence-electron chi connectivity index (χ0n) is 8.63. The van der Waals surface area contributed by atoms with Crippen molar-refractivity contribution in [2.75, 3.05) is 0 Å². The average molecular weight is 241 g/mol. The zero-order valence-corrected chi connectivity index (χ0v) is 8.63. The van der Waals surface area contributed by atoms with Crippen LogP contribution in [0.3, 0.4) is 0 Å². The van der Waals surface area contributed by atoms with E-state index in [0.29, 0.717) is 6.07 Å². The first-order valence-electron chi connectivity index (χ1n) is 4.70. The number of aliphatic imine (C=N–C) groups is 1. The Labute approximate surface area is 94.0 Å². The molecular weight excluding hydrogens is 235 g/mol. The molecule has 0 radical (unpaired) electrons. The topological polar surface area (TPSA) is 46.5 Å². The normalized spacial score (nSPS) is 18.1. The number of rotatable bonds is 1. The fraction of sp³-hybridized carbons (Fsp3) is 0.182. The summed E-state index contributed by atoms with van der Waals surface area (Å²) in [6.45, 7) is 1.16. The first-order chi connectivity index (χ1) is 7.93. The number of ketones is 2. The van der Waals surface area contributed by atoms with Gasteiger partial charge in [-0.15, -0.1) is 0 Å². The maximum atomic E-state index is 13.3. The highest BCUT2D eigenvalue weighted by atomic mass is 19.2. The molecule has 2 rings (SSSR count). The molecule has 0 aliphatic carbocycles. The van der Waals surface area contributed by atoms with Crippen molar-refractivity contribution in [3.8, 4) is 0 Å². The molecule has 1 atom stereocenters. The molecule has 0 aromatic heterocycles. The molecule has 0 saturated carbocycles. The maximum absolute atomic E-state index is 13.3. The van der Waals surface area contributed by atoms with E-state index in [1.807, 2.05) is 0 Å². The Morgan fingerprint density at radius 1 is 1.29 bits per heavy atom. The summed E-state index contributed by atoms with van der Waals surface area (Å²) in [6, 6.07) is 0.558. The van der Waals surface area contributed by atoms with Crippen LogP contribution in [0.4, 0.5) is 18.9 Å². The zero-order chi connectivity index (χ0) is 12.7. The molecule has 0 saturated heterocycles. The van der Waals surface area contributed by atoms with Crippen molar-refractivity contribution >= 4 is 23.5 Å². The highest BCUT2D eigenvalue weighted by molar-refractivity contribution is 6.23. The summed E-state index contributed by atoms with van der Waals surface area (Å²) in [6.07, 6.45) is 0.938. The predicted molar refractivity (Wildman–Crippen MR) is 53.0 cm³/mol. The van der Waals surface area contributed by atoms with Crippen molar-refractivity contribution in [1.82, 2.24) is 0 Å². The van der Waals surface area contributed by atoms with E-state index in [-0.39, 0.29) is 0 Å². The molecule has 0 N–H and O–H groups in total. The van der Waals surface area contributed by atoms with Crippen molar-refractivity contribution in [3.63, 3.8) is 0 Å². The number of carbonyl (C=O) groups excluding carboxylic acids is 2. The van der Waals surface area contributed by atoms with E-state index in [9.17, 15) is 22.8 Å². The van der Waals surface area contributed by atoms with Crippen molar-refractivity contribution in [1.29, 1.82) is 0 Å². The van der Waals surface area contributed by atoms with Crippen molar-refractivity contribution in [3.05, 3.63) is 29.1 Å². The molecule has 1 aromatic rings. The van der Waals surface area contributed by atoms with Crippen LogP contribution in [0.25, 0.3) is 0 Å². The molecule has 17 heavy (non-hydrogen) atoms. The number of hydrogen-bond acceptors (Lipinski definition) is 3. The monoisotopic (exact) mass is 241 g/mol. The maximum Gasteiger partial charge on any atom is 0.196 e. The van der Waals surface area contributed by atoms with Gasteiger partial charge in [-0.2, -0.15) is 0 Å². The Morgan fingerprint density at radius 3 is 2.53 bits per heavy atom. The summed E-state index contributed by atoms with van der Waals surface area (Å²) in [5.41, 5.74) is -0.976. The van der Waals surface area contributed by atoms with Crippen molar-refractivity contribution in [2.45, 2.75) is 6.92 Å². The molecule has 3 nitrogen and oxygen atoms in total. The molecule has 1 aliphatic rings. The lowest BCUT2D eigenvalue weighted by atomic mass is 9.91. The van der Waals surface area contributed by atoms with Crippen molar-refractivity contribution < 1.29 is 22.8 Å². The fourth-order valence-electron chi connectivity index (χ4n) is 1.57. The van der Waals surface area contributed by atoms with E-state index < -0.39 is 46.2 Å². The summed E-state index contributed by atoms with van der Waals surface area (Å²) in [5, 5.41) is 0. The van der Waals surface area contributed by atoms with E-state index in [1.165, 1.54) is 0 Å². The van der Waals surface area contributed by atoms with Crippen LogP contribution in [0.15, 0.2) is 11.1 Å². The molecule has 1 unspecified atom stereocenters. The van der Waals surface area contributed by atoms with Gasteiger partial charge in [0.25, 0.3) is 0 Å². The summed E-state index contributed by atoms with van der Waals surface area (Å²) in [5.74, 6) is -7.11. The van der Waals surface area contributed by atoms with E-state index >= 15 is 0 Å². The smallest absolute Gasteiger partial charge is 0.196 e. The van der Waals surface area contributed by atoms with Gasteiger partial charge in [0.1, 0.15) is 17.4 Å². The van der Waals surface area contributed by atoms with Crippen LogP contribution in [0.5, 0.6) is 0 Å². The summed E-state index contributed by atoms with van der Waals surface area (Å²) in [7, 11) is 0. The summed E-state index contributed by atoms with van der Waals surface area (Å²) >= 11 is 0. The number of nitrogens with zero attached hydrogens (tertiary/aromatic N) is 1. The third kappa shape index (κ3) is 1.65. The Kier molecular flexibility index (Phi) is 2.57. The molecule has 1 aliphatic heterocycles. The summed E-state index contributed by atoms with van der Waals surface area (Å²) < 4.78 is 39.1. The van der Waals surface area contributed by atoms with Crippen LogP contribution in [0.1, 0.15) is 17.3 Å². The predicted octanol–water partition coefficient (Wildman–Crippen LogP) is 2.21. The average Bonchev–Trinajstić information content (AvgIpc) is 2.27. The van der Waals surface area contributed by atoms with Crippen LogP contribution >= 0.6 is 0 Å². The number of fused-ring (bicyclic) bond motifs is 1. The second-order valence-electron chi connectivity index (χ2n) is 3.61. The van der Waals surface area contributed by atoms with Gasteiger partial charge < -0.3 is 0 Å². The van der Waals surface area contributed by atoms with Crippen LogP contribution in [-0.2, 0) is 4.79 Å². The molecule has 0 fully saturated rings. The standard InChI is InChI=1S/C11H6F3NO2/c1-4(16)6-3-15-10-5(11(6)17)2-7(12)8(13)9(10)14/h2-3,6H,1H3. The second kappa shape index (κ2) is 3.80. The van der Waals surface area contributed by atoms with Gasteiger partial charge in [0, 0.05) is 6.21 Å². The lowest BCUT2D eigenvalue weighted by molar-refractivity contribution is -0.117. The number of Topliss-reactive ketones (excluding diaryl/α,β-unsaturated/α-hetero) is 2. The van der Waals surface area contributed by atoms with Crippen LogP contribution in [0.2, 0.25) is 0 Å². The molecule has 0 spiro atoms. The molecule has 1 aromatic carbocycles. The van der Waals surface area contributed by atoms with Gasteiger partial charge in [0.15, 0.2) is 23.2 Å². The first-order valence-corrected chi connectivity index (χ1v) is 4.70. The van der Waals surface area contributed by atoms with E-state index in [2.05, 4.69) is 4.99 Å². The Morgan fingerprint density at radius 2 is 1.94 bits per heavy atom. The van der Waals surface area contributed by atoms with E-state index in [0.717, 1.165) is 13.1 Å². The third-order valence-electron chi connectivity index (χ3n) is 2.48. The van der Waals surface area contributed by atoms with Gasteiger partial charge in [-0.3, -0.25) is 14.6 Å². The van der Waals surface area contributed by atoms with E-state index in [1.54, 1.807) is 0 Å². The molecule has 1 heterocycles. The first kappa shape index (κ1) is 11.5. The second-order valence-corrected chi connectivity index (χ2v) is 3.61. The highest BCUT2D eigenvalue weighted by Gasteiger charge is 2.32. The quantitative estimate of drug-likeness (QED) is 0.559. The lowest BCUT2D eigenvalue weighted by Crippen LogP contribution is -2.26. The van der Waals surface area contributed by atoms with Gasteiger partial charge in [0.2, 0.25) is 0 Å². The van der Waals surface area contributed by atoms with Gasteiger partial charge >= 0.3 is 0 Å². The molecule has 6 heteroatoms. The van der Waals surface area contributed by atoms with Crippen molar-refractivity contribution in [2.24, 2.45) is 10.9 Å². The Hall–Kier alpha value is -1.98. The van der Waals surface area contributed by atoms with Gasteiger partial charge in [-0.1, -0.05) is 0 Å². The minimum atomic E-state index is -1.69. The molecule has 88 valence electrons. The lowest BCUT2D eigenvalue weighted by Gasteiger charge is -2.15. The Bertz CT molecular complexity index is 566. The molecule has 0 amide bonds. The minimum Gasteiger partial charge on any atom is -0.299 e. The molecule has 0 bridgehead atoms. The Balaban J connectivity index is 2.66. The number of carbonyl (C=O) groups is 2. The highest BCUT2D eigenvalue weighted by Crippen LogP contribution is 2.32. The molecular formula is C11H6F3NO2.